The molecule has 0 aromatic carbocycles. The maximum atomic E-state index is 11.9. The minimum atomic E-state index is -0.464. The molecule has 0 unspecified atom stereocenters. The second kappa shape index (κ2) is 5.52. The summed E-state index contributed by atoms with van der Waals surface area (Å²) in [5.74, 6) is 0.642. The lowest BCUT2D eigenvalue weighted by Crippen LogP contribution is -2.50. The number of amides is 1. The molecule has 0 saturated carbocycles. The van der Waals surface area contributed by atoms with Crippen LogP contribution in [0.3, 0.4) is 0 Å². The molecule has 2 rings (SSSR count). The molecule has 1 amide bonds. The van der Waals surface area contributed by atoms with Crippen LogP contribution in [0.1, 0.15) is 20.8 Å². The molecule has 2 heterocycles. The van der Waals surface area contributed by atoms with Crippen molar-refractivity contribution in [1.29, 1.82) is 0 Å². The number of carbonyl (C=O) groups excluding carboxylic acids is 1. The first-order valence-electron chi connectivity index (χ1n) is 6.65. The highest BCUT2D eigenvalue weighted by molar-refractivity contribution is 5.68. The Kier molecular flexibility index (Phi) is 3.96. The summed E-state index contributed by atoms with van der Waals surface area (Å²) in [6, 6.07) is 0. The van der Waals surface area contributed by atoms with E-state index in [0.29, 0.717) is 37.8 Å². The average molecular weight is 279 g/mol. The number of ether oxygens (including phenoxy) is 1. The lowest BCUT2D eigenvalue weighted by molar-refractivity contribution is 0.0240. The molecule has 2 N–H and O–H groups in total. The molecular weight excluding hydrogens is 258 g/mol. The van der Waals surface area contributed by atoms with Gasteiger partial charge in [-0.25, -0.2) is 14.8 Å². The highest BCUT2D eigenvalue weighted by Gasteiger charge is 2.26. The molecule has 7 heteroatoms. The van der Waals surface area contributed by atoms with Crippen LogP contribution < -0.4 is 10.6 Å². The van der Waals surface area contributed by atoms with Crippen LogP contribution in [-0.4, -0.2) is 52.7 Å². The number of piperazine rings is 1. The molecule has 7 nitrogen and oxygen atoms in total. The molecule has 1 aliphatic heterocycles. The molecule has 0 spiro atoms. The maximum Gasteiger partial charge on any atom is 0.410 e. The predicted molar refractivity (Wildman–Crippen MR) is 76.5 cm³/mol. The van der Waals surface area contributed by atoms with E-state index in [1.807, 2.05) is 25.7 Å². The van der Waals surface area contributed by atoms with Crippen molar-refractivity contribution < 1.29 is 9.53 Å². The number of hydrogen-bond acceptors (Lipinski definition) is 6. The maximum absolute atomic E-state index is 11.9. The van der Waals surface area contributed by atoms with Gasteiger partial charge in [-0.3, -0.25) is 0 Å². The molecular formula is C13H21N5O2. The van der Waals surface area contributed by atoms with Gasteiger partial charge in [-0.2, -0.15) is 0 Å². The van der Waals surface area contributed by atoms with Gasteiger partial charge in [0.25, 0.3) is 0 Å². The zero-order valence-electron chi connectivity index (χ0n) is 12.2. The number of aromatic nitrogens is 2. The van der Waals surface area contributed by atoms with Crippen LogP contribution in [-0.2, 0) is 4.74 Å². The van der Waals surface area contributed by atoms with Crippen molar-refractivity contribution in [2.75, 3.05) is 36.8 Å². The van der Waals surface area contributed by atoms with E-state index in [1.54, 1.807) is 17.3 Å². The van der Waals surface area contributed by atoms with Gasteiger partial charge in [0.1, 0.15) is 5.60 Å². The molecule has 0 aliphatic carbocycles. The molecule has 0 atom stereocenters. The Morgan fingerprint density at radius 2 is 1.75 bits per heavy atom. The number of anilines is 2. The van der Waals surface area contributed by atoms with E-state index in [0.717, 1.165) is 0 Å². The third-order valence-electron chi connectivity index (χ3n) is 2.87. The average Bonchev–Trinajstić information content (AvgIpc) is 2.38. The number of hydrogen-bond donors (Lipinski definition) is 1. The Morgan fingerprint density at radius 1 is 1.20 bits per heavy atom. The Hall–Kier alpha value is -2.05. The zero-order chi connectivity index (χ0) is 14.8. The normalized spacial score (nSPS) is 16.1. The number of nitrogens with zero attached hydrogens (tertiary/aromatic N) is 4. The fourth-order valence-corrected chi connectivity index (χ4v) is 1.91. The first-order chi connectivity index (χ1) is 9.35. The second-order valence-corrected chi connectivity index (χ2v) is 5.77. The monoisotopic (exact) mass is 279 g/mol. The summed E-state index contributed by atoms with van der Waals surface area (Å²) in [6.45, 7) is 8.16. The lowest BCUT2D eigenvalue weighted by atomic mass is 10.2. The SMILES string of the molecule is CC(C)(C)OC(=O)N1CCN(c2ncc(N)cn2)CC1. The van der Waals surface area contributed by atoms with Crippen molar-refractivity contribution in [3.05, 3.63) is 12.4 Å². The predicted octanol–water partition coefficient (Wildman–Crippen LogP) is 1.12. The van der Waals surface area contributed by atoms with Crippen LogP contribution in [0.25, 0.3) is 0 Å². The van der Waals surface area contributed by atoms with Crippen molar-refractivity contribution in [3.8, 4) is 0 Å². The summed E-state index contributed by atoms with van der Waals surface area (Å²) in [5.41, 5.74) is 5.64. The fraction of sp³-hybridized carbons (Fsp3) is 0.615. The standard InChI is InChI=1S/C13H21N5O2/c1-13(2,3)20-12(19)18-6-4-17(5-7-18)11-15-8-10(14)9-16-11/h8-9H,4-7,14H2,1-3H3. The number of rotatable bonds is 1. The molecule has 1 aliphatic rings. The number of nitrogen functional groups attached to an aromatic ring is 1. The van der Waals surface area contributed by atoms with Crippen LogP contribution in [0, 0.1) is 0 Å². The summed E-state index contributed by atoms with van der Waals surface area (Å²) in [7, 11) is 0. The van der Waals surface area contributed by atoms with Crippen LogP contribution in [0.5, 0.6) is 0 Å². The summed E-state index contributed by atoms with van der Waals surface area (Å²) >= 11 is 0. The van der Waals surface area contributed by atoms with Crippen molar-refractivity contribution in [1.82, 2.24) is 14.9 Å². The van der Waals surface area contributed by atoms with Gasteiger partial charge in [0, 0.05) is 26.2 Å². The van der Waals surface area contributed by atoms with Gasteiger partial charge in [0.15, 0.2) is 0 Å². The van der Waals surface area contributed by atoms with E-state index in [1.165, 1.54) is 0 Å². The summed E-state index contributed by atoms with van der Waals surface area (Å²) in [6.07, 6.45) is 2.90. The largest absolute Gasteiger partial charge is 0.444 e. The zero-order valence-corrected chi connectivity index (χ0v) is 12.2. The first-order valence-corrected chi connectivity index (χ1v) is 6.65. The van der Waals surface area contributed by atoms with Crippen molar-refractivity contribution >= 4 is 17.7 Å². The van der Waals surface area contributed by atoms with Crippen molar-refractivity contribution in [2.24, 2.45) is 0 Å². The lowest BCUT2D eigenvalue weighted by Gasteiger charge is -2.35. The Balaban J connectivity index is 1.89. The van der Waals surface area contributed by atoms with Crippen LogP contribution in [0.4, 0.5) is 16.4 Å². The van der Waals surface area contributed by atoms with Gasteiger partial charge in [-0.05, 0) is 20.8 Å². The van der Waals surface area contributed by atoms with Crippen LogP contribution in [0.2, 0.25) is 0 Å². The molecule has 110 valence electrons. The molecule has 20 heavy (non-hydrogen) atoms. The highest BCUT2D eigenvalue weighted by Crippen LogP contribution is 2.14. The van der Waals surface area contributed by atoms with E-state index in [-0.39, 0.29) is 6.09 Å². The quantitative estimate of drug-likeness (QED) is 0.829. The van der Waals surface area contributed by atoms with E-state index in [9.17, 15) is 4.79 Å². The van der Waals surface area contributed by atoms with Crippen molar-refractivity contribution in [3.63, 3.8) is 0 Å². The van der Waals surface area contributed by atoms with Gasteiger partial charge in [0.2, 0.25) is 5.95 Å². The van der Waals surface area contributed by atoms with E-state index in [4.69, 9.17) is 10.5 Å². The topological polar surface area (TPSA) is 84.6 Å². The highest BCUT2D eigenvalue weighted by atomic mass is 16.6. The summed E-state index contributed by atoms with van der Waals surface area (Å²) in [5, 5.41) is 0. The van der Waals surface area contributed by atoms with Gasteiger partial charge in [-0.1, -0.05) is 0 Å². The third kappa shape index (κ3) is 3.72. The van der Waals surface area contributed by atoms with E-state index >= 15 is 0 Å². The third-order valence-corrected chi connectivity index (χ3v) is 2.87. The molecule has 0 bridgehead atoms. The second-order valence-electron chi connectivity index (χ2n) is 5.77. The van der Waals surface area contributed by atoms with Gasteiger partial charge in [-0.15, -0.1) is 0 Å². The summed E-state index contributed by atoms with van der Waals surface area (Å²) in [4.78, 5) is 24.0. The number of nitrogens with two attached hydrogens (primary N) is 1. The van der Waals surface area contributed by atoms with Crippen LogP contribution in [0.15, 0.2) is 12.4 Å². The number of carbonyl (C=O) groups is 1. The van der Waals surface area contributed by atoms with Gasteiger partial charge >= 0.3 is 6.09 Å². The fourth-order valence-electron chi connectivity index (χ4n) is 1.91. The Labute approximate surface area is 118 Å². The minimum Gasteiger partial charge on any atom is -0.444 e. The molecule has 1 fully saturated rings. The molecule has 1 aromatic rings. The summed E-state index contributed by atoms with van der Waals surface area (Å²) < 4.78 is 5.35. The Morgan fingerprint density at radius 3 is 2.25 bits per heavy atom. The van der Waals surface area contributed by atoms with E-state index < -0.39 is 5.60 Å². The molecule has 1 aromatic heterocycles. The Bertz CT molecular complexity index is 461. The van der Waals surface area contributed by atoms with Gasteiger partial charge in [0.05, 0.1) is 18.1 Å². The van der Waals surface area contributed by atoms with Gasteiger partial charge < -0.3 is 20.3 Å². The first kappa shape index (κ1) is 14.4. The molecule has 0 radical (unpaired) electrons. The molecule has 1 saturated heterocycles. The minimum absolute atomic E-state index is 0.268. The van der Waals surface area contributed by atoms with E-state index in [2.05, 4.69) is 9.97 Å². The van der Waals surface area contributed by atoms with Crippen molar-refractivity contribution in [2.45, 2.75) is 26.4 Å². The van der Waals surface area contributed by atoms with Crippen LogP contribution >= 0.6 is 0 Å². The smallest absolute Gasteiger partial charge is 0.410 e.